The van der Waals surface area contributed by atoms with Crippen molar-refractivity contribution in [3.05, 3.63) is 34.3 Å². The second-order valence-electron chi connectivity index (χ2n) is 5.55. The molecule has 0 aliphatic carbocycles. The Kier molecular flexibility index (Phi) is 8.53. The highest BCUT2D eigenvalue weighted by molar-refractivity contribution is 9.10. The fourth-order valence-electron chi connectivity index (χ4n) is 3.00. The Morgan fingerprint density at radius 1 is 1.19 bits per heavy atom. The third kappa shape index (κ3) is 5.39. The van der Waals surface area contributed by atoms with E-state index in [0.717, 1.165) is 43.3 Å². The lowest BCUT2D eigenvalue weighted by Crippen LogP contribution is -2.53. The molecule has 120 valence electrons. The summed E-state index contributed by atoms with van der Waals surface area (Å²) in [7, 11) is 0. The second kappa shape index (κ2) is 9.60. The third-order valence-electron chi connectivity index (χ3n) is 4.23. The number of hydrogen-bond acceptors (Lipinski definition) is 2. The van der Waals surface area contributed by atoms with Gasteiger partial charge in [-0.15, -0.1) is 0 Å². The Hall–Kier alpha value is -0.380. The van der Waals surface area contributed by atoms with E-state index in [2.05, 4.69) is 73.2 Å². The van der Waals surface area contributed by atoms with E-state index in [1.165, 1.54) is 5.56 Å². The number of nitrogens with one attached hydrogen (secondary N) is 1. The van der Waals surface area contributed by atoms with Crippen molar-refractivity contribution in [2.75, 3.05) is 13.2 Å². The van der Waals surface area contributed by atoms with Crippen molar-refractivity contribution in [2.45, 2.75) is 65.0 Å². The average Bonchev–Trinajstić information content (AvgIpc) is 2.49. The van der Waals surface area contributed by atoms with Crippen LogP contribution < -0.4 is 5.32 Å². The number of rotatable bonds is 10. The van der Waals surface area contributed by atoms with Crippen LogP contribution in [0.3, 0.4) is 0 Å². The summed E-state index contributed by atoms with van der Waals surface area (Å²) in [5, 5.41) is 3.72. The molecule has 1 rings (SSSR count). The molecule has 21 heavy (non-hydrogen) atoms. The van der Waals surface area contributed by atoms with Gasteiger partial charge in [0.05, 0.1) is 5.60 Å². The van der Waals surface area contributed by atoms with E-state index in [1.807, 2.05) is 0 Å². The zero-order chi connectivity index (χ0) is 15.7. The molecule has 0 saturated heterocycles. The molecule has 3 heteroatoms. The highest BCUT2D eigenvalue weighted by Crippen LogP contribution is 2.28. The van der Waals surface area contributed by atoms with E-state index < -0.39 is 0 Å². The van der Waals surface area contributed by atoms with Crippen LogP contribution in [0.25, 0.3) is 0 Å². The molecule has 0 amide bonds. The number of ether oxygens (including phenoxy) is 1. The summed E-state index contributed by atoms with van der Waals surface area (Å²) < 4.78 is 7.36. The standard InChI is InChI=1S/C18H30BrNO/c1-5-12-20-17(18(6-2,7-3)21-8-4)14-15-10-9-11-16(19)13-15/h9-11,13,17,20H,5-8,12,14H2,1-4H3. The van der Waals surface area contributed by atoms with Gasteiger partial charge < -0.3 is 10.1 Å². The molecular formula is C18H30BrNO. The molecular weight excluding hydrogens is 326 g/mol. The molecule has 0 heterocycles. The molecule has 1 N–H and O–H groups in total. The van der Waals surface area contributed by atoms with Gasteiger partial charge in [0.15, 0.2) is 0 Å². The first-order valence-corrected chi connectivity index (χ1v) is 9.02. The predicted octanol–water partition coefficient (Wildman–Crippen LogP) is 4.96. The number of benzene rings is 1. The fourth-order valence-corrected chi connectivity index (χ4v) is 3.44. The Bertz CT molecular complexity index is 404. The lowest BCUT2D eigenvalue weighted by Gasteiger charge is -2.40. The van der Waals surface area contributed by atoms with Gasteiger partial charge in [0, 0.05) is 17.1 Å². The molecule has 1 aromatic rings. The molecule has 0 aliphatic heterocycles. The summed E-state index contributed by atoms with van der Waals surface area (Å²) in [5.74, 6) is 0. The van der Waals surface area contributed by atoms with Gasteiger partial charge in [0.2, 0.25) is 0 Å². The van der Waals surface area contributed by atoms with Crippen LogP contribution in [0.2, 0.25) is 0 Å². The molecule has 1 unspecified atom stereocenters. The van der Waals surface area contributed by atoms with E-state index in [0.29, 0.717) is 6.04 Å². The van der Waals surface area contributed by atoms with Gasteiger partial charge in [-0.3, -0.25) is 0 Å². The molecule has 0 radical (unpaired) electrons. The summed E-state index contributed by atoms with van der Waals surface area (Å²) >= 11 is 3.57. The van der Waals surface area contributed by atoms with Crippen LogP contribution in [-0.2, 0) is 11.2 Å². The van der Waals surface area contributed by atoms with Gasteiger partial charge >= 0.3 is 0 Å². The SMILES string of the molecule is CCCNC(Cc1cccc(Br)c1)C(CC)(CC)OCC. The van der Waals surface area contributed by atoms with Gasteiger partial charge in [-0.1, -0.05) is 48.8 Å². The maximum Gasteiger partial charge on any atom is 0.0832 e. The van der Waals surface area contributed by atoms with Crippen LogP contribution in [0.15, 0.2) is 28.7 Å². The number of halogens is 1. The van der Waals surface area contributed by atoms with Gasteiger partial charge in [0.1, 0.15) is 0 Å². The highest BCUT2D eigenvalue weighted by atomic mass is 79.9. The topological polar surface area (TPSA) is 21.3 Å². The van der Waals surface area contributed by atoms with Gasteiger partial charge in [-0.25, -0.2) is 0 Å². The lowest BCUT2D eigenvalue weighted by atomic mass is 9.84. The summed E-state index contributed by atoms with van der Waals surface area (Å²) in [4.78, 5) is 0. The smallest absolute Gasteiger partial charge is 0.0832 e. The predicted molar refractivity (Wildman–Crippen MR) is 94.9 cm³/mol. The summed E-state index contributed by atoms with van der Waals surface area (Å²) in [6, 6.07) is 8.95. The first kappa shape index (κ1) is 18.7. The first-order valence-electron chi connectivity index (χ1n) is 8.23. The maximum atomic E-state index is 6.22. The summed E-state index contributed by atoms with van der Waals surface area (Å²) in [6.07, 6.45) is 4.21. The minimum absolute atomic E-state index is 0.0771. The van der Waals surface area contributed by atoms with Crippen molar-refractivity contribution in [1.29, 1.82) is 0 Å². The van der Waals surface area contributed by atoms with E-state index >= 15 is 0 Å². The fraction of sp³-hybridized carbons (Fsp3) is 0.667. The molecule has 0 aromatic heterocycles. The minimum Gasteiger partial charge on any atom is -0.374 e. The Morgan fingerprint density at radius 2 is 1.90 bits per heavy atom. The summed E-state index contributed by atoms with van der Waals surface area (Å²) in [5.41, 5.74) is 1.27. The van der Waals surface area contributed by atoms with Crippen molar-refractivity contribution >= 4 is 15.9 Å². The van der Waals surface area contributed by atoms with Gasteiger partial charge in [-0.05, 0) is 56.8 Å². The van der Waals surface area contributed by atoms with E-state index in [9.17, 15) is 0 Å². The van der Waals surface area contributed by atoms with Gasteiger partial charge in [0.25, 0.3) is 0 Å². The quantitative estimate of drug-likeness (QED) is 0.640. The van der Waals surface area contributed by atoms with Crippen LogP contribution in [0.4, 0.5) is 0 Å². The molecule has 0 saturated carbocycles. The van der Waals surface area contributed by atoms with Crippen LogP contribution in [-0.4, -0.2) is 24.8 Å². The van der Waals surface area contributed by atoms with Crippen LogP contribution in [0.1, 0.15) is 52.5 Å². The van der Waals surface area contributed by atoms with E-state index in [1.54, 1.807) is 0 Å². The second-order valence-corrected chi connectivity index (χ2v) is 6.46. The molecule has 1 aromatic carbocycles. The first-order chi connectivity index (χ1) is 10.1. The van der Waals surface area contributed by atoms with E-state index in [4.69, 9.17) is 4.74 Å². The zero-order valence-corrected chi connectivity index (χ0v) is 15.5. The van der Waals surface area contributed by atoms with Crippen molar-refractivity contribution in [3.63, 3.8) is 0 Å². The average molecular weight is 356 g/mol. The Balaban J connectivity index is 2.96. The van der Waals surface area contributed by atoms with Gasteiger partial charge in [-0.2, -0.15) is 0 Å². The van der Waals surface area contributed by atoms with Crippen LogP contribution in [0.5, 0.6) is 0 Å². The maximum absolute atomic E-state index is 6.22. The van der Waals surface area contributed by atoms with Crippen molar-refractivity contribution in [2.24, 2.45) is 0 Å². The Labute approximate surface area is 138 Å². The molecule has 0 aliphatic rings. The molecule has 0 fully saturated rings. The normalized spacial score (nSPS) is 13.4. The highest BCUT2D eigenvalue weighted by Gasteiger charge is 2.36. The van der Waals surface area contributed by atoms with E-state index in [-0.39, 0.29) is 5.60 Å². The lowest BCUT2D eigenvalue weighted by molar-refractivity contribution is -0.0718. The van der Waals surface area contributed by atoms with Crippen molar-refractivity contribution in [1.82, 2.24) is 5.32 Å². The molecule has 2 nitrogen and oxygen atoms in total. The van der Waals surface area contributed by atoms with Crippen LogP contribution in [0, 0.1) is 0 Å². The van der Waals surface area contributed by atoms with Crippen molar-refractivity contribution < 1.29 is 4.74 Å². The van der Waals surface area contributed by atoms with Crippen molar-refractivity contribution in [3.8, 4) is 0 Å². The molecule has 0 spiro atoms. The third-order valence-corrected chi connectivity index (χ3v) is 4.73. The summed E-state index contributed by atoms with van der Waals surface area (Å²) in [6.45, 7) is 10.6. The monoisotopic (exact) mass is 355 g/mol. The number of hydrogen-bond donors (Lipinski definition) is 1. The Morgan fingerprint density at radius 3 is 2.43 bits per heavy atom. The minimum atomic E-state index is -0.0771. The van der Waals surface area contributed by atoms with Crippen LogP contribution >= 0.6 is 15.9 Å². The zero-order valence-electron chi connectivity index (χ0n) is 13.9. The molecule has 1 atom stereocenters. The largest absolute Gasteiger partial charge is 0.374 e. The molecule has 0 bridgehead atoms.